The van der Waals surface area contributed by atoms with E-state index >= 15 is 0 Å². The second kappa shape index (κ2) is 7.36. The maximum Gasteiger partial charge on any atom is 0.248 e. The topological polar surface area (TPSA) is 57.2 Å². The van der Waals surface area contributed by atoms with E-state index in [1.165, 1.54) is 0 Å². The van der Waals surface area contributed by atoms with E-state index in [2.05, 4.69) is 0 Å². The monoisotopic (exact) mass is 287 g/mol. The fourth-order valence-corrected chi connectivity index (χ4v) is 2.82. The molecule has 0 atom stereocenters. The summed E-state index contributed by atoms with van der Waals surface area (Å²) in [5, 5.41) is 0. The van der Waals surface area contributed by atoms with Crippen molar-refractivity contribution in [2.45, 2.75) is 37.5 Å². The first-order valence-electron chi connectivity index (χ1n) is 7.27. The van der Waals surface area contributed by atoms with Gasteiger partial charge in [-0.15, -0.1) is 0 Å². The van der Waals surface area contributed by atoms with Crippen LogP contribution in [0.25, 0.3) is 0 Å². The molecule has 2 rings (SSSR count). The van der Waals surface area contributed by atoms with Gasteiger partial charge < -0.3 is 23.8 Å². The summed E-state index contributed by atoms with van der Waals surface area (Å²) >= 11 is 0. The van der Waals surface area contributed by atoms with Crippen molar-refractivity contribution in [2.24, 2.45) is 0 Å². The number of ether oxygens (including phenoxy) is 4. The van der Waals surface area contributed by atoms with Crippen LogP contribution in [0.4, 0.5) is 0 Å². The number of hydrogen-bond donors (Lipinski definition) is 0. The zero-order chi connectivity index (χ0) is 14.4. The Morgan fingerprint density at radius 2 is 1.90 bits per heavy atom. The highest BCUT2D eigenvalue weighted by Gasteiger charge is 2.41. The summed E-state index contributed by atoms with van der Waals surface area (Å²) in [6.07, 6.45) is 3.56. The average molecular weight is 287 g/mol. The maximum atomic E-state index is 12.0. The summed E-state index contributed by atoms with van der Waals surface area (Å²) in [6, 6.07) is 0.256. The number of carbonyl (C=O) groups is 1. The molecule has 1 saturated carbocycles. The quantitative estimate of drug-likeness (QED) is 0.676. The van der Waals surface area contributed by atoms with Gasteiger partial charge >= 0.3 is 0 Å². The third-order valence-corrected chi connectivity index (χ3v) is 4.13. The number of carbonyl (C=O) groups excluding carboxylic acids is 1. The molecule has 1 aliphatic carbocycles. The zero-order valence-electron chi connectivity index (χ0n) is 12.4. The highest BCUT2D eigenvalue weighted by atomic mass is 16.7. The molecule has 1 spiro atoms. The lowest BCUT2D eigenvalue weighted by molar-refractivity contribution is -0.185. The molecule has 0 unspecified atom stereocenters. The van der Waals surface area contributed by atoms with Gasteiger partial charge in [-0.3, -0.25) is 4.79 Å². The SMILES string of the molecule is COCCOCC(=O)N(C)C1CCC2(CC1)OCCO2. The summed E-state index contributed by atoms with van der Waals surface area (Å²) in [4.78, 5) is 13.8. The highest BCUT2D eigenvalue weighted by Crippen LogP contribution is 2.37. The number of nitrogens with zero attached hydrogens (tertiary/aromatic N) is 1. The van der Waals surface area contributed by atoms with Gasteiger partial charge in [0.05, 0.1) is 26.4 Å². The van der Waals surface area contributed by atoms with E-state index in [1.54, 1.807) is 12.0 Å². The van der Waals surface area contributed by atoms with Gasteiger partial charge in [0.1, 0.15) is 6.61 Å². The second-order valence-corrected chi connectivity index (χ2v) is 5.39. The molecule has 1 aliphatic heterocycles. The smallest absolute Gasteiger partial charge is 0.248 e. The van der Waals surface area contributed by atoms with Crippen LogP contribution in [-0.2, 0) is 23.7 Å². The first-order valence-corrected chi connectivity index (χ1v) is 7.27. The van der Waals surface area contributed by atoms with Crippen LogP contribution in [0.2, 0.25) is 0 Å². The number of rotatable bonds is 6. The summed E-state index contributed by atoms with van der Waals surface area (Å²) in [5.41, 5.74) is 0. The lowest BCUT2D eigenvalue weighted by Gasteiger charge is -2.39. The summed E-state index contributed by atoms with van der Waals surface area (Å²) in [6.45, 7) is 2.46. The molecule has 1 saturated heterocycles. The van der Waals surface area contributed by atoms with E-state index in [-0.39, 0.29) is 24.3 Å². The Labute approximate surface area is 120 Å². The molecule has 6 heteroatoms. The van der Waals surface area contributed by atoms with Crippen LogP contribution in [0.3, 0.4) is 0 Å². The molecular formula is C14H25NO5. The van der Waals surface area contributed by atoms with Crippen LogP contribution in [0.5, 0.6) is 0 Å². The molecule has 20 heavy (non-hydrogen) atoms. The van der Waals surface area contributed by atoms with Gasteiger partial charge in [0.2, 0.25) is 5.91 Å². The van der Waals surface area contributed by atoms with Crippen LogP contribution < -0.4 is 0 Å². The van der Waals surface area contributed by atoms with E-state index in [0.717, 1.165) is 25.7 Å². The maximum absolute atomic E-state index is 12.0. The molecule has 0 N–H and O–H groups in total. The lowest BCUT2D eigenvalue weighted by Crippen LogP contribution is -2.45. The summed E-state index contributed by atoms with van der Waals surface area (Å²) in [7, 11) is 3.46. The van der Waals surface area contributed by atoms with Gasteiger partial charge in [0.25, 0.3) is 0 Å². The minimum absolute atomic E-state index is 0.0234. The largest absolute Gasteiger partial charge is 0.382 e. The Balaban J connectivity index is 1.70. The molecule has 116 valence electrons. The minimum Gasteiger partial charge on any atom is -0.382 e. The molecule has 1 heterocycles. The Morgan fingerprint density at radius 3 is 2.50 bits per heavy atom. The van der Waals surface area contributed by atoms with E-state index < -0.39 is 0 Å². The zero-order valence-corrected chi connectivity index (χ0v) is 12.4. The molecule has 2 aliphatic rings. The Bertz CT molecular complexity index is 307. The molecule has 0 aromatic heterocycles. The average Bonchev–Trinajstić information content (AvgIpc) is 2.92. The molecule has 0 aromatic carbocycles. The lowest BCUT2D eigenvalue weighted by atomic mass is 9.89. The number of methoxy groups -OCH3 is 1. The van der Waals surface area contributed by atoms with Crippen LogP contribution >= 0.6 is 0 Å². The van der Waals surface area contributed by atoms with Crippen molar-refractivity contribution in [3.8, 4) is 0 Å². The number of likely N-dealkylation sites (N-methyl/N-ethyl adjacent to an activating group) is 1. The first kappa shape index (κ1) is 15.7. The van der Waals surface area contributed by atoms with E-state index in [4.69, 9.17) is 18.9 Å². The Morgan fingerprint density at radius 1 is 1.25 bits per heavy atom. The predicted octanol–water partition coefficient (Wildman–Crippen LogP) is 0.794. The van der Waals surface area contributed by atoms with Crippen LogP contribution in [0.15, 0.2) is 0 Å². The molecule has 2 fully saturated rings. The van der Waals surface area contributed by atoms with Crippen LogP contribution in [-0.4, -0.2) is 69.8 Å². The minimum atomic E-state index is -0.366. The first-order chi connectivity index (χ1) is 9.67. The van der Waals surface area contributed by atoms with Crippen molar-refractivity contribution in [1.29, 1.82) is 0 Å². The van der Waals surface area contributed by atoms with Gasteiger partial charge in [-0.05, 0) is 12.8 Å². The fourth-order valence-electron chi connectivity index (χ4n) is 2.82. The van der Waals surface area contributed by atoms with E-state index in [9.17, 15) is 4.79 Å². The third kappa shape index (κ3) is 3.91. The standard InChI is InChI=1S/C14H25NO5/c1-15(13(16)11-18-8-7-17-2)12-3-5-14(6-4-12)19-9-10-20-14/h12H,3-11H2,1-2H3. The van der Waals surface area contributed by atoms with Gasteiger partial charge in [-0.25, -0.2) is 0 Å². The molecule has 0 radical (unpaired) electrons. The van der Waals surface area contributed by atoms with Gasteiger partial charge in [-0.2, -0.15) is 0 Å². The molecule has 1 amide bonds. The molecular weight excluding hydrogens is 262 g/mol. The fraction of sp³-hybridized carbons (Fsp3) is 0.929. The van der Waals surface area contributed by atoms with Crippen LogP contribution in [0.1, 0.15) is 25.7 Å². The predicted molar refractivity (Wildman–Crippen MR) is 72.4 cm³/mol. The number of amides is 1. The normalized spacial score (nSPS) is 22.3. The molecule has 0 bridgehead atoms. The van der Waals surface area contributed by atoms with Crippen LogP contribution in [0, 0.1) is 0 Å². The van der Waals surface area contributed by atoms with Crippen molar-refractivity contribution < 1.29 is 23.7 Å². The van der Waals surface area contributed by atoms with Gasteiger partial charge in [0.15, 0.2) is 5.79 Å². The third-order valence-electron chi connectivity index (χ3n) is 4.13. The Hall–Kier alpha value is -0.690. The van der Waals surface area contributed by atoms with Crippen molar-refractivity contribution in [1.82, 2.24) is 4.90 Å². The van der Waals surface area contributed by atoms with Crippen molar-refractivity contribution in [3.05, 3.63) is 0 Å². The summed E-state index contributed by atoms with van der Waals surface area (Å²) < 4.78 is 21.5. The van der Waals surface area contributed by atoms with Gasteiger partial charge in [0, 0.05) is 33.0 Å². The van der Waals surface area contributed by atoms with Crippen molar-refractivity contribution in [2.75, 3.05) is 47.2 Å². The highest BCUT2D eigenvalue weighted by molar-refractivity contribution is 5.77. The van der Waals surface area contributed by atoms with E-state index in [0.29, 0.717) is 26.4 Å². The second-order valence-electron chi connectivity index (χ2n) is 5.39. The van der Waals surface area contributed by atoms with E-state index in [1.807, 2.05) is 7.05 Å². The molecule has 0 aromatic rings. The number of hydrogen-bond acceptors (Lipinski definition) is 5. The van der Waals surface area contributed by atoms with Crippen molar-refractivity contribution >= 4 is 5.91 Å². The Kier molecular flexibility index (Phi) is 5.77. The van der Waals surface area contributed by atoms with Gasteiger partial charge in [-0.1, -0.05) is 0 Å². The summed E-state index contributed by atoms with van der Waals surface area (Å²) in [5.74, 6) is -0.342. The van der Waals surface area contributed by atoms with Crippen molar-refractivity contribution in [3.63, 3.8) is 0 Å². The molecule has 6 nitrogen and oxygen atoms in total.